The number of urea groups is 1. The van der Waals surface area contributed by atoms with Crippen molar-refractivity contribution in [3.63, 3.8) is 0 Å². The molecule has 1 aromatic rings. The lowest BCUT2D eigenvalue weighted by Crippen LogP contribution is -2.53. The molecule has 0 spiro atoms. The molecule has 4 nitrogen and oxygen atoms in total. The number of piperidine rings is 1. The Balaban J connectivity index is 1.56. The van der Waals surface area contributed by atoms with E-state index < -0.39 is 0 Å². The van der Waals surface area contributed by atoms with Crippen molar-refractivity contribution in [3.8, 4) is 0 Å². The number of hydrogen-bond acceptors (Lipinski definition) is 2. The topological polar surface area (TPSA) is 40.6 Å². The van der Waals surface area contributed by atoms with Gasteiger partial charge in [-0.15, -0.1) is 0 Å². The van der Waals surface area contributed by atoms with Crippen molar-refractivity contribution in [1.29, 1.82) is 0 Å². The number of carbonyl (C=O) groups excluding carboxylic acids is 2. The van der Waals surface area contributed by atoms with E-state index in [1.807, 2.05) is 15.9 Å². The summed E-state index contributed by atoms with van der Waals surface area (Å²) >= 11 is 6.02. The van der Waals surface area contributed by atoms with Crippen LogP contribution in [0.15, 0.2) is 18.2 Å². The Bertz CT molecular complexity index is 677. The SMILES string of the molecule is [2H]c1cc(Cl)cc2c1CN(C(=O)N1C3CCC1CC(=O)C3)CC2. The summed E-state index contributed by atoms with van der Waals surface area (Å²) in [5, 5.41) is 0.584. The Kier molecular flexibility index (Phi) is 3.10. The normalized spacial score (nSPS) is 27.7. The molecule has 2 fully saturated rings. The van der Waals surface area contributed by atoms with Gasteiger partial charge < -0.3 is 9.80 Å². The molecule has 1 aromatic carbocycles. The molecule has 0 aliphatic carbocycles. The van der Waals surface area contributed by atoms with Gasteiger partial charge >= 0.3 is 6.03 Å². The largest absolute Gasteiger partial charge is 0.320 e. The van der Waals surface area contributed by atoms with E-state index in [2.05, 4.69) is 0 Å². The molecule has 3 aliphatic rings. The van der Waals surface area contributed by atoms with Crippen LogP contribution < -0.4 is 0 Å². The fourth-order valence-corrected chi connectivity index (χ4v) is 4.24. The number of fused-ring (bicyclic) bond motifs is 3. The number of amides is 2. The summed E-state index contributed by atoms with van der Waals surface area (Å²) in [6.07, 6.45) is 3.62. The number of halogens is 1. The van der Waals surface area contributed by atoms with Crippen LogP contribution in [0.5, 0.6) is 0 Å². The Morgan fingerprint density at radius 2 is 2.00 bits per heavy atom. The molecular weight excluding hydrogens is 300 g/mol. The monoisotopic (exact) mass is 319 g/mol. The molecule has 0 saturated carbocycles. The third-order valence-corrected chi connectivity index (χ3v) is 5.34. The lowest BCUT2D eigenvalue weighted by atomic mass is 9.99. The Hall–Kier alpha value is -1.55. The van der Waals surface area contributed by atoms with E-state index in [1.54, 1.807) is 6.07 Å². The van der Waals surface area contributed by atoms with Gasteiger partial charge in [0.2, 0.25) is 0 Å². The van der Waals surface area contributed by atoms with E-state index >= 15 is 0 Å². The van der Waals surface area contributed by atoms with Crippen LogP contribution in [-0.4, -0.2) is 40.2 Å². The molecule has 2 saturated heterocycles. The van der Waals surface area contributed by atoms with Crippen LogP contribution in [0.3, 0.4) is 0 Å². The third kappa shape index (κ3) is 2.30. The minimum absolute atomic E-state index is 0.0324. The Labute approximate surface area is 136 Å². The van der Waals surface area contributed by atoms with E-state index in [4.69, 9.17) is 13.0 Å². The second-order valence-corrected chi connectivity index (χ2v) is 6.95. The smallest absolute Gasteiger partial charge is 0.320 e. The van der Waals surface area contributed by atoms with Crippen LogP contribution in [0.1, 0.15) is 38.2 Å². The molecule has 4 rings (SSSR count). The fraction of sp³-hybridized carbons (Fsp3) is 0.529. The average Bonchev–Trinajstić information content (AvgIpc) is 2.78. The second kappa shape index (κ2) is 5.27. The zero-order valence-electron chi connectivity index (χ0n) is 13.3. The standard InChI is InChI=1S/C17H19ClN2O2/c18-13-2-1-12-10-19(6-5-11(12)7-13)17(22)20-14-3-4-15(20)9-16(21)8-14/h1-2,7,14-15H,3-6,8-10H2/i1D. The number of hydrogen-bond donors (Lipinski definition) is 0. The van der Waals surface area contributed by atoms with E-state index in [1.165, 1.54) is 0 Å². The van der Waals surface area contributed by atoms with Crippen molar-refractivity contribution in [2.24, 2.45) is 0 Å². The summed E-state index contributed by atoms with van der Waals surface area (Å²) in [5.74, 6) is 0.286. The van der Waals surface area contributed by atoms with E-state index in [9.17, 15) is 9.59 Å². The number of carbonyl (C=O) groups is 2. The van der Waals surface area contributed by atoms with Gasteiger partial charge in [-0.25, -0.2) is 4.79 Å². The summed E-state index contributed by atoms with van der Waals surface area (Å²) in [6.45, 7) is 1.11. The maximum absolute atomic E-state index is 13.0. The molecule has 2 unspecified atom stereocenters. The summed E-state index contributed by atoms with van der Waals surface area (Å²) < 4.78 is 8.10. The van der Waals surface area contributed by atoms with E-state index in [0.29, 0.717) is 37.0 Å². The second-order valence-electron chi connectivity index (χ2n) is 6.52. The van der Waals surface area contributed by atoms with Gasteiger partial charge in [0.05, 0.1) is 1.37 Å². The molecule has 3 heterocycles. The highest BCUT2D eigenvalue weighted by atomic mass is 35.5. The van der Waals surface area contributed by atoms with Gasteiger partial charge in [-0.3, -0.25) is 4.79 Å². The fourth-order valence-electron chi connectivity index (χ4n) is 4.05. The maximum atomic E-state index is 13.0. The van der Waals surface area contributed by atoms with Crippen molar-refractivity contribution in [2.75, 3.05) is 6.54 Å². The predicted molar refractivity (Wildman–Crippen MR) is 83.9 cm³/mol. The molecule has 0 radical (unpaired) electrons. The van der Waals surface area contributed by atoms with Crippen molar-refractivity contribution in [3.05, 3.63) is 34.3 Å². The first-order valence-electron chi connectivity index (χ1n) is 8.40. The zero-order valence-corrected chi connectivity index (χ0v) is 13.1. The third-order valence-electron chi connectivity index (χ3n) is 5.12. The van der Waals surface area contributed by atoms with E-state index in [0.717, 1.165) is 30.4 Å². The van der Waals surface area contributed by atoms with Crippen molar-refractivity contribution in [1.82, 2.24) is 9.80 Å². The van der Waals surface area contributed by atoms with Gasteiger partial charge in [-0.1, -0.05) is 17.6 Å². The lowest BCUT2D eigenvalue weighted by molar-refractivity contribution is -0.122. The molecule has 3 aliphatic heterocycles. The lowest BCUT2D eigenvalue weighted by Gasteiger charge is -2.39. The molecule has 0 aromatic heterocycles. The van der Waals surface area contributed by atoms with Gasteiger partial charge in [-0.2, -0.15) is 0 Å². The van der Waals surface area contributed by atoms with Crippen LogP contribution in [0, 0.1) is 0 Å². The minimum Gasteiger partial charge on any atom is -0.320 e. The predicted octanol–water partition coefficient (Wildman–Crippen LogP) is 3.01. The van der Waals surface area contributed by atoms with Crippen LogP contribution in [0.4, 0.5) is 4.79 Å². The Morgan fingerprint density at radius 3 is 2.73 bits per heavy atom. The average molecular weight is 320 g/mol. The molecule has 2 bridgehead atoms. The number of benzene rings is 1. The first kappa shape index (κ1) is 12.9. The zero-order chi connectivity index (χ0) is 16.1. The maximum Gasteiger partial charge on any atom is 0.320 e. The van der Waals surface area contributed by atoms with Crippen molar-refractivity contribution < 1.29 is 11.0 Å². The molecular formula is C17H19ClN2O2. The molecule has 5 heteroatoms. The van der Waals surface area contributed by atoms with Gasteiger partial charge in [0.15, 0.2) is 0 Å². The minimum atomic E-state index is 0.0324. The van der Waals surface area contributed by atoms with Crippen LogP contribution in [0.2, 0.25) is 5.02 Å². The van der Waals surface area contributed by atoms with Crippen molar-refractivity contribution >= 4 is 23.4 Å². The van der Waals surface area contributed by atoms with Crippen LogP contribution in [-0.2, 0) is 17.8 Å². The number of ketones is 1. The molecule has 0 N–H and O–H groups in total. The summed E-state index contributed by atoms with van der Waals surface area (Å²) in [4.78, 5) is 28.4. The summed E-state index contributed by atoms with van der Waals surface area (Å²) in [7, 11) is 0. The highest BCUT2D eigenvalue weighted by Crippen LogP contribution is 2.35. The number of nitrogens with zero attached hydrogens (tertiary/aromatic N) is 2. The number of Topliss-reactive ketones (excluding diaryl/α,β-unsaturated/α-hetero) is 1. The van der Waals surface area contributed by atoms with Crippen LogP contribution >= 0.6 is 11.6 Å². The first-order chi connectivity index (χ1) is 11.0. The first-order valence-corrected chi connectivity index (χ1v) is 8.27. The number of rotatable bonds is 0. The van der Waals surface area contributed by atoms with Crippen molar-refractivity contribution in [2.45, 2.75) is 50.7 Å². The molecule has 2 amide bonds. The van der Waals surface area contributed by atoms with E-state index in [-0.39, 0.29) is 23.9 Å². The molecule has 116 valence electrons. The highest BCUT2D eigenvalue weighted by Gasteiger charge is 2.44. The molecule has 22 heavy (non-hydrogen) atoms. The van der Waals surface area contributed by atoms with Gasteiger partial charge in [0.1, 0.15) is 5.78 Å². The van der Waals surface area contributed by atoms with Gasteiger partial charge in [0, 0.05) is 43.0 Å². The summed E-state index contributed by atoms with van der Waals surface area (Å²) in [6, 6.07) is 4.14. The van der Waals surface area contributed by atoms with Crippen LogP contribution in [0.25, 0.3) is 0 Å². The quantitative estimate of drug-likeness (QED) is 0.737. The van der Waals surface area contributed by atoms with Gasteiger partial charge in [-0.05, 0) is 42.5 Å². The highest BCUT2D eigenvalue weighted by molar-refractivity contribution is 6.30. The Morgan fingerprint density at radius 1 is 1.27 bits per heavy atom. The molecule has 2 atom stereocenters. The summed E-state index contributed by atoms with van der Waals surface area (Å²) in [5.41, 5.74) is 1.97. The van der Waals surface area contributed by atoms with Gasteiger partial charge in [0.25, 0.3) is 0 Å².